The Balaban J connectivity index is 2.36. The molecule has 1 N–H and O–H groups in total. The highest BCUT2D eigenvalue weighted by Crippen LogP contribution is 2.34. The zero-order valence-electron chi connectivity index (χ0n) is 15.2. The second-order valence-electron chi connectivity index (χ2n) is 5.99. The van der Waals surface area contributed by atoms with Crippen LogP contribution in [0.5, 0.6) is 0 Å². The molecule has 2 aromatic rings. The highest BCUT2D eigenvalue weighted by molar-refractivity contribution is 7.90. The number of carbonyl (C=O) groups is 1. The lowest BCUT2D eigenvalue weighted by atomic mass is 10.2. The molecule has 158 valence electrons. The van der Waals surface area contributed by atoms with Crippen molar-refractivity contribution in [3.8, 4) is 0 Å². The second kappa shape index (κ2) is 8.56. The highest BCUT2D eigenvalue weighted by Gasteiger charge is 2.32. The molecular weight excluding hydrogens is 438 g/mol. The summed E-state index contributed by atoms with van der Waals surface area (Å²) >= 11 is 5.83. The fraction of sp³-hybridized carbons (Fsp3) is 0.235. The van der Waals surface area contributed by atoms with Gasteiger partial charge < -0.3 is 5.32 Å². The van der Waals surface area contributed by atoms with Crippen molar-refractivity contribution < 1.29 is 30.8 Å². The third-order valence-electron chi connectivity index (χ3n) is 3.72. The van der Waals surface area contributed by atoms with Gasteiger partial charge in [-0.15, -0.1) is 0 Å². The quantitative estimate of drug-likeness (QED) is 0.677. The van der Waals surface area contributed by atoms with Crippen LogP contribution in [0.4, 0.5) is 28.9 Å². The summed E-state index contributed by atoms with van der Waals surface area (Å²) < 4.78 is 79.1. The molecule has 0 heterocycles. The third kappa shape index (κ3) is 5.37. The first kappa shape index (κ1) is 22.9. The predicted octanol–water partition coefficient (Wildman–Crippen LogP) is 3.75. The molecule has 0 saturated heterocycles. The number of anilines is 2. The van der Waals surface area contributed by atoms with E-state index < -0.39 is 45.9 Å². The van der Waals surface area contributed by atoms with Crippen molar-refractivity contribution >= 4 is 39.1 Å². The van der Waals surface area contributed by atoms with E-state index in [1.165, 1.54) is 26.2 Å². The third-order valence-corrected chi connectivity index (χ3v) is 5.85. The molecule has 1 amide bonds. The fourth-order valence-electron chi connectivity index (χ4n) is 2.26. The number of amides is 1. The smallest absolute Gasteiger partial charge is 0.323 e. The van der Waals surface area contributed by atoms with Crippen LogP contribution in [0.2, 0.25) is 5.02 Å². The van der Waals surface area contributed by atoms with Gasteiger partial charge in [-0.25, -0.2) is 8.70 Å². The SMILES string of the molecule is CN(C)S(=O)(=O)N(CC(=O)Nc1cc(C(F)(F)F)ccc1Cl)c1ccccc1F. The van der Waals surface area contributed by atoms with Gasteiger partial charge in [0, 0.05) is 14.1 Å². The van der Waals surface area contributed by atoms with Crippen molar-refractivity contribution in [2.75, 3.05) is 30.3 Å². The van der Waals surface area contributed by atoms with Gasteiger partial charge in [0.05, 0.1) is 22.0 Å². The van der Waals surface area contributed by atoms with Gasteiger partial charge in [-0.3, -0.25) is 4.79 Å². The molecule has 0 fully saturated rings. The number of hydrogen-bond acceptors (Lipinski definition) is 3. The second-order valence-corrected chi connectivity index (χ2v) is 8.46. The normalized spacial score (nSPS) is 12.1. The van der Waals surface area contributed by atoms with Crippen molar-refractivity contribution in [1.29, 1.82) is 0 Å². The van der Waals surface area contributed by atoms with Crippen LogP contribution in [0.15, 0.2) is 42.5 Å². The molecule has 0 aliphatic carbocycles. The summed E-state index contributed by atoms with van der Waals surface area (Å²) in [7, 11) is -1.92. The standard InChI is InChI=1S/C17H16ClF4N3O3S/c1-24(2)29(27,28)25(15-6-4-3-5-13(15)19)10-16(26)23-14-9-11(17(20,21)22)7-8-12(14)18/h3-9H,10H2,1-2H3,(H,23,26). The maximum atomic E-state index is 14.2. The van der Waals surface area contributed by atoms with Gasteiger partial charge in [-0.2, -0.15) is 25.9 Å². The number of rotatable bonds is 6. The van der Waals surface area contributed by atoms with Crippen LogP contribution in [-0.2, 0) is 21.2 Å². The summed E-state index contributed by atoms with van der Waals surface area (Å²) in [5.41, 5.74) is -1.81. The Morgan fingerprint density at radius 1 is 1.14 bits per heavy atom. The van der Waals surface area contributed by atoms with E-state index in [2.05, 4.69) is 5.32 Å². The van der Waals surface area contributed by atoms with E-state index in [1.54, 1.807) is 0 Å². The minimum Gasteiger partial charge on any atom is -0.323 e. The first-order valence-corrected chi connectivity index (χ1v) is 9.73. The summed E-state index contributed by atoms with van der Waals surface area (Å²) in [6, 6.07) is 7.18. The molecule has 0 aromatic heterocycles. The summed E-state index contributed by atoms with van der Waals surface area (Å²) in [5.74, 6) is -1.91. The molecule has 2 rings (SSSR count). The molecular formula is C17H16ClF4N3O3S. The Morgan fingerprint density at radius 2 is 1.76 bits per heavy atom. The molecule has 0 aliphatic rings. The zero-order valence-corrected chi connectivity index (χ0v) is 16.7. The highest BCUT2D eigenvalue weighted by atomic mass is 35.5. The number of para-hydroxylation sites is 1. The summed E-state index contributed by atoms with van der Waals surface area (Å²) in [5, 5.41) is 1.95. The summed E-state index contributed by atoms with van der Waals surface area (Å²) in [4.78, 5) is 12.4. The molecule has 0 spiro atoms. The van der Waals surface area contributed by atoms with E-state index in [-0.39, 0.29) is 10.7 Å². The van der Waals surface area contributed by atoms with Gasteiger partial charge in [0.15, 0.2) is 0 Å². The maximum absolute atomic E-state index is 14.2. The molecule has 0 radical (unpaired) electrons. The van der Waals surface area contributed by atoms with Gasteiger partial charge >= 0.3 is 16.4 Å². The number of hydrogen-bond donors (Lipinski definition) is 1. The number of benzene rings is 2. The summed E-state index contributed by atoms with van der Waals surface area (Å²) in [6.07, 6.45) is -4.67. The molecule has 12 heteroatoms. The molecule has 0 aliphatic heterocycles. The molecule has 0 atom stereocenters. The van der Waals surface area contributed by atoms with Crippen LogP contribution < -0.4 is 9.62 Å². The molecule has 6 nitrogen and oxygen atoms in total. The Labute approximate surface area is 169 Å². The van der Waals surface area contributed by atoms with Gasteiger partial charge in [-0.1, -0.05) is 23.7 Å². The van der Waals surface area contributed by atoms with Gasteiger partial charge in [0.2, 0.25) is 5.91 Å². The van der Waals surface area contributed by atoms with Crippen LogP contribution in [0.3, 0.4) is 0 Å². The van der Waals surface area contributed by atoms with E-state index in [1.807, 2.05) is 0 Å². The lowest BCUT2D eigenvalue weighted by molar-refractivity contribution is -0.137. The molecule has 0 saturated carbocycles. The number of alkyl halides is 3. The molecule has 2 aromatic carbocycles. The maximum Gasteiger partial charge on any atom is 0.416 e. The lowest BCUT2D eigenvalue weighted by Gasteiger charge is -2.27. The number of nitrogens with one attached hydrogen (secondary N) is 1. The Morgan fingerprint density at radius 3 is 2.31 bits per heavy atom. The van der Waals surface area contributed by atoms with Gasteiger partial charge in [-0.05, 0) is 30.3 Å². The molecule has 0 bridgehead atoms. The van der Waals surface area contributed by atoms with E-state index >= 15 is 0 Å². The van der Waals surface area contributed by atoms with Crippen LogP contribution in [0.1, 0.15) is 5.56 Å². The lowest BCUT2D eigenvalue weighted by Crippen LogP contribution is -2.44. The van der Waals surface area contributed by atoms with E-state index in [0.29, 0.717) is 10.4 Å². The van der Waals surface area contributed by atoms with Crippen molar-refractivity contribution in [2.45, 2.75) is 6.18 Å². The Kier molecular flexibility index (Phi) is 6.76. The molecule has 0 unspecified atom stereocenters. The first-order chi connectivity index (χ1) is 13.3. The van der Waals surface area contributed by atoms with Crippen LogP contribution in [-0.4, -0.2) is 39.3 Å². The summed E-state index contributed by atoms with van der Waals surface area (Å²) in [6.45, 7) is -0.895. The monoisotopic (exact) mass is 453 g/mol. The largest absolute Gasteiger partial charge is 0.416 e. The van der Waals surface area contributed by atoms with Gasteiger partial charge in [0.1, 0.15) is 12.4 Å². The average Bonchev–Trinajstić information content (AvgIpc) is 2.61. The number of carbonyl (C=O) groups excluding carboxylic acids is 1. The first-order valence-electron chi connectivity index (χ1n) is 7.95. The van der Waals surface area contributed by atoms with Crippen molar-refractivity contribution in [3.05, 3.63) is 58.9 Å². The fourth-order valence-corrected chi connectivity index (χ4v) is 3.50. The van der Waals surface area contributed by atoms with Crippen LogP contribution >= 0.6 is 11.6 Å². The van der Waals surface area contributed by atoms with E-state index in [9.17, 15) is 30.8 Å². The van der Waals surface area contributed by atoms with E-state index in [0.717, 1.165) is 28.6 Å². The minimum atomic E-state index is -4.67. The van der Waals surface area contributed by atoms with Crippen molar-refractivity contribution in [3.63, 3.8) is 0 Å². The van der Waals surface area contributed by atoms with Crippen molar-refractivity contribution in [2.24, 2.45) is 0 Å². The predicted molar refractivity (Wildman–Crippen MR) is 101 cm³/mol. The van der Waals surface area contributed by atoms with E-state index in [4.69, 9.17) is 11.6 Å². The molecule has 29 heavy (non-hydrogen) atoms. The van der Waals surface area contributed by atoms with Crippen LogP contribution in [0.25, 0.3) is 0 Å². The Bertz CT molecular complexity index is 1010. The van der Waals surface area contributed by atoms with Crippen LogP contribution in [0, 0.1) is 5.82 Å². The topological polar surface area (TPSA) is 69.7 Å². The minimum absolute atomic E-state index is 0.181. The number of halogens is 5. The zero-order chi connectivity index (χ0) is 22.0. The Hall–Kier alpha value is -2.37. The number of nitrogens with zero attached hydrogens (tertiary/aromatic N) is 2. The van der Waals surface area contributed by atoms with Gasteiger partial charge in [0.25, 0.3) is 0 Å². The van der Waals surface area contributed by atoms with Crippen molar-refractivity contribution in [1.82, 2.24) is 4.31 Å². The average molecular weight is 454 g/mol.